The molecule has 17 aromatic rings. The van der Waals surface area contributed by atoms with Gasteiger partial charge in [0.1, 0.15) is 106 Å². The molecular weight excluding hydrogens is 1740 g/mol. The highest BCUT2D eigenvalue weighted by molar-refractivity contribution is 5.90. The zero-order valence-corrected chi connectivity index (χ0v) is 79.0. The maximum Gasteiger partial charge on any atom is 0.182 e. The van der Waals surface area contributed by atoms with Gasteiger partial charge >= 0.3 is 0 Å². The first-order valence-electron chi connectivity index (χ1n) is 47.9. The Morgan fingerprint density at radius 2 is 0.450 bits per heavy atom. The van der Waals surface area contributed by atoms with Gasteiger partial charge in [0.15, 0.2) is 46.4 Å². The minimum Gasteiger partial charge on any atom is -0.488 e. The number of fused-ring (bicyclic) bond motifs is 3. The highest BCUT2D eigenvalue weighted by Crippen LogP contribution is 2.48. The van der Waals surface area contributed by atoms with Crippen LogP contribution in [-0.4, -0.2) is 17.9 Å². The molecule has 15 nitrogen and oxygen atoms in total. The molecular formula is C125H114N2O13. The van der Waals surface area contributed by atoms with E-state index in [2.05, 4.69) is 194 Å². The molecule has 15 heteroatoms. The average Bonchev–Trinajstić information content (AvgIpc) is 0.777. The summed E-state index contributed by atoms with van der Waals surface area (Å²) in [5.74, 6) is 8.65. The summed E-state index contributed by atoms with van der Waals surface area (Å²) in [5, 5.41) is 7.66. The minimum atomic E-state index is -0.761. The first-order valence-corrected chi connectivity index (χ1v) is 47.9. The highest BCUT2D eigenvalue weighted by atomic mass is 16.5. The molecule has 0 aromatic heterocycles. The molecule has 0 amide bonds. The van der Waals surface area contributed by atoms with Gasteiger partial charge in [0.25, 0.3) is 0 Å². The third-order valence-electron chi connectivity index (χ3n) is 24.7. The Morgan fingerprint density at radius 1 is 0.229 bits per heavy atom. The topological polar surface area (TPSA) is 152 Å². The maximum atomic E-state index is 13.5. The summed E-state index contributed by atoms with van der Waals surface area (Å²) in [7, 11) is 0. The van der Waals surface area contributed by atoms with E-state index in [0.717, 1.165) is 130 Å². The number of benzene rings is 17. The van der Waals surface area contributed by atoms with Gasteiger partial charge in [-0.3, -0.25) is 4.79 Å². The number of hydrogen-bond donors (Lipinski definition) is 2. The molecule has 0 unspecified atom stereocenters. The van der Waals surface area contributed by atoms with Gasteiger partial charge in [-0.1, -0.05) is 352 Å². The zero-order chi connectivity index (χ0) is 95.2. The summed E-state index contributed by atoms with van der Waals surface area (Å²) >= 11 is 0. The van der Waals surface area contributed by atoms with E-state index in [9.17, 15) is 4.79 Å². The number of Topliss-reactive ketones (excluding diaryl/α,β-unsaturated/α-hetero) is 1. The lowest BCUT2D eigenvalue weighted by molar-refractivity contribution is -0.126. The Bertz CT molecular complexity index is 6530. The number of ether oxygens (including phenoxy) is 12. The van der Waals surface area contributed by atoms with Crippen molar-refractivity contribution < 1.29 is 61.6 Å². The molecule has 702 valence electrons. The van der Waals surface area contributed by atoms with Gasteiger partial charge in [0.2, 0.25) is 0 Å². The van der Waals surface area contributed by atoms with E-state index in [1.165, 1.54) is 11.1 Å². The van der Waals surface area contributed by atoms with E-state index in [1.54, 1.807) is 0 Å². The van der Waals surface area contributed by atoms with E-state index in [1.807, 2.05) is 262 Å². The average molecular weight is 1850 g/mol. The fourth-order valence-electron chi connectivity index (χ4n) is 17.4. The lowest BCUT2D eigenvalue weighted by atomic mass is 9.91. The lowest BCUT2D eigenvalue weighted by Gasteiger charge is -2.36. The molecule has 17 aromatic carbocycles. The summed E-state index contributed by atoms with van der Waals surface area (Å²) in [5.41, 5.74) is 21.1. The molecule has 5 atom stereocenters. The standard InChI is InChI=1S/2C44H41NO4.C37H32O5/c2*1-32-24-41(47-30-35-18-10-4-11-19-35)38-27-39(45-28-33-14-6-2-7-15-33)44(49-42(38)25-32)37-22-23-40(46-29-34-16-8-3-9-17-34)43(26-37)48-31-36-20-12-5-13-21-36;1-26-19-34(40-24-28-13-7-3-8-14-28)31-22-32(38)37(42-35(31)20-26)30-17-18-33(39-23-27-11-5-2-6-12-27)36(21-30)41-25-29-15-9-4-10-16-29/h2*2-26,39,44-45H,27-31H2,1H3;2-21,37H,22-25H2,1H3/t39-,44+;39-,44-;37-/m011/s1. The van der Waals surface area contributed by atoms with E-state index < -0.39 is 6.10 Å². The maximum absolute atomic E-state index is 13.5. The SMILES string of the molecule is Cc1cc(OCc2ccccc2)c2c(c1)O[C@H](c1ccc(OCc3ccccc3)c(OCc3ccccc3)c1)C(=O)C2.Cc1cc(OCc2ccccc2)c2c(c1)O[C@H](c1ccc(OCc3ccccc3)c(OCc3ccccc3)c1)[C@@H](NCc1ccccc1)C2.Cc1cc(OCc2ccccc2)c2c(c1)O[C@H](c1ccc(OCc3ccccc3)c(OCc3ccccc3)c1)[C@H](NCc1ccccc1)C2. The number of nitrogens with one attached hydrogen (secondary N) is 2. The molecule has 0 spiro atoms. The predicted molar refractivity (Wildman–Crippen MR) is 550 cm³/mol. The number of carbonyl (C=O) groups is 1. The summed E-state index contributed by atoms with van der Waals surface area (Å²) in [6.45, 7) is 11.5. The number of aryl methyl sites for hydroxylation is 3. The lowest BCUT2D eigenvalue weighted by Crippen LogP contribution is -2.41. The van der Waals surface area contributed by atoms with Gasteiger partial charge in [-0.05, 0) is 195 Å². The Morgan fingerprint density at radius 3 is 0.721 bits per heavy atom. The summed E-state index contributed by atoms with van der Waals surface area (Å²) < 4.78 is 77.3. The van der Waals surface area contributed by atoms with E-state index in [-0.39, 0.29) is 36.5 Å². The Hall–Kier alpha value is -16.1. The highest BCUT2D eigenvalue weighted by Gasteiger charge is 2.38. The normalized spacial score (nSPS) is 14.8. The molecule has 0 aliphatic carbocycles. The Kier molecular flexibility index (Phi) is 32.1. The van der Waals surface area contributed by atoms with Crippen LogP contribution in [0.2, 0.25) is 0 Å². The minimum absolute atomic E-state index is 0.0347. The molecule has 2 N–H and O–H groups in total. The monoisotopic (exact) mass is 1850 g/mol. The zero-order valence-electron chi connectivity index (χ0n) is 79.0. The van der Waals surface area contributed by atoms with Gasteiger partial charge < -0.3 is 67.5 Å². The molecule has 140 heavy (non-hydrogen) atoms. The first-order chi connectivity index (χ1) is 69.0. The molecule has 0 radical (unpaired) electrons. The largest absolute Gasteiger partial charge is 0.488 e. The predicted octanol–water partition coefficient (Wildman–Crippen LogP) is 27.1. The van der Waals surface area contributed by atoms with Crippen molar-refractivity contribution in [2.45, 2.75) is 143 Å². The van der Waals surface area contributed by atoms with Gasteiger partial charge in [-0.25, -0.2) is 0 Å². The van der Waals surface area contributed by atoms with Crippen LogP contribution in [-0.2, 0) is 96.6 Å². The van der Waals surface area contributed by atoms with Crippen molar-refractivity contribution in [3.63, 3.8) is 0 Å². The summed E-state index contributed by atoms with van der Waals surface area (Å²) in [4.78, 5) is 13.5. The number of ketones is 1. The van der Waals surface area contributed by atoms with Crippen LogP contribution in [0.4, 0.5) is 0 Å². The van der Waals surface area contributed by atoms with Gasteiger partial charge in [0, 0.05) is 41.8 Å². The first kappa shape index (κ1) is 94.3. The second-order valence-corrected chi connectivity index (χ2v) is 35.4. The van der Waals surface area contributed by atoms with Crippen molar-refractivity contribution in [1.29, 1.82) is 0 Å². The van der Waals surface area contributed by atoms with Crippen molar-refractivity contribution in [2.24, 2.45) is 0 Å². The van der Waals surface area contributed by atoms with Crippen molar-refractivity contribution >= 4 is 5.78 Å². The van der Waals surface area contributed by atoms with Crippen LogP contribution in [0.5, 0.6) is 69.0 Å². The number of carbonyl (C=O) groups excluding carboxylic acids is 1. The van der Waals surface area contributed by atoms with Crippen LogP contribution >= 0.6 is 0 Å². The van der Waals surface area contributed by atoms with E-state index >= 15 is 0 Å². The van der Waals surface area contributed by atoms with Gasteiger partial charge in [-0.2, -0.15) is 0 Å². The molecule has 0 saturated carbocycles. The molecule has 20 rings (SSSR count). The second kappa shape index (κ2) is 47.6. The molecule has 3 aliphatic rings. The third-order valence-corrected chi connectivity index (χ3v) is 24.7. The number of rotatable bonds is 36. The molecule has 3 aliphatic heterocycles. The van der Waals surface area contributed by atoms with E-state index in [4.69, 9.17) is 56.8 Å². The quantitative estimate of drug-likeness (QED) is 0.0383. The van der Waals surface area contributed by atoms with Crippen LogP contribution in [0.25, 0.3) is 0 Å². The molecule has 3 heterocycles. The second-order valence-electron chi connectivity index (χ2n) is 35.4. The summed E-state index contributed by atoms with van der Waals surface area (Å²) in [6, 6.07) is 143. The number of hydrogen-bond acceptors (Lipinski definition) is 15. The fourth-order valence-corrected chi connectivity index (χ4v) is 17.4. The van der Waals surface area contributed by atoms with Crippen molar-refractivity contribution in [3.8, 4) is 69.0 Å². The van der Waals surface area contributed by atoms with Gasteiger partial charge in [0.05, 0.1) is 12.1 Å². The molecule has 0 fully saturated rings. The van der Waals surface area contributed by atoms with Crippen molar-refractivity contribution in [2.75, 3.05) is 0 Å². The van der Waals surface area contributed by atoms with Crippen LogP contribution < -0.4 is 67.5 Å². The van der Waals surface area contributed by atoms with E-state index in [0.29, 0.717) is 124 Å². The van der Waals surface area contributed by atoms with Crippen molar-refractivity contribution in [3.05, 3.63) is 536 Å². The van der Waals surface area contributed by atoms with Crippen LogP contribution in [0.3, 0.4) is 0 Å². The van der Waals surface area contributed by atoms with Gasteiger partial charge in [-0.15, -0.1) is 0 Å². The summed E-state index contributed by atoms with van der Waals surface area (Å²) in [6.07, 6.45) is 0.387. The van der Waals surface area contributed by atoms with Crippen LogP contribution in [0, 0.1) is 20.8 Å². The van der Waals surface area contributed by atoms with Crippen LogP contribution in [0.1, 0.15) is 130 Å². The molecule has 0 saturated heterocycles. The third kappa shape index (κ3) is 26.0. The fraction of sp³-hybridized carbons (Fsp3) is 0.176. The van der Waals surface area contributed by atoms with Crippen molar-refractivity contribution in [1.82, 2.24) is 10.6 Å². The Labute approximate surface area is 820 Å². The Balaban J connectivity index is 0.000000140. The van der Waals surface area contributed by atoms with Crippen LogP contribution in [0.15, 0.2) is 425 Å². The molecule has 0 bridgehead atoms. The smallest absolute Gasteiger partial charge is 0.182 e.